The topological polar surface area (TPSA) is 46.2 Å². The van der Waals surface area contributed by atoms with Gasteiger partial charge in [-0.1, -0.05) is 19.1 Å². The summed E-state index contributed by atoms with van der Waals surface area (Å²) in [5.41, 5.74) is 1.16. The second kappa shape index (κ2) is 7.22. The molecule has 1 rings (SSSR count). The quantitative estimate of drug-likeness (QED) is 0.705. The van der Waals surface area contributed by atoms with Crippen molar-refractivity contribution in [2.24, 2.45) is 0 Å². The maximum atomic E-state index is 12.1. The van der Waals surface area contributed by atoms with Crippen LogP contribution in [-0.2, 0) is 16.3 Å². The van der Waals surface area contributed by atoms with Crippen LogP contribution in [0.1, 0.15) is 32.8 Å². The summed E-state index contributed by atoms with van der Waals surface area (Å²) < 4.78 is 24.5. The molecule has 3 nitrogen and oxygen atoms in total. The highest BCUT2D eigenvalue weighted by molar-refractivity contribution is 14.1. The van der Waals surface area contributed by atoms with Crippen molar-refractivity contribution in [1.29, 1.82) is 0 Å². The fraction of sp³-hybridized carbons (Fsp3) is 0.600. The van der Waals surface area contributed by atoms with E-state index in [4.69, 9.17) is 0 Å². The smallest absolute Gasteiger partial charge is 0.154 e. The Kier molecular flexibility index (Phi) is 6.47. The molecule has 0 fully saturated rings. The van der Waals surface area contributed by atoms with Gasteiger partial charge in [-0.25, -0.2) is 8.42 Å². The third-order valence-electron chi connectivity index (χ3n) is 3.79. The van der Waals surface area contributed by atoms with Gasteiger partial charge in [-0.15, -0.1) is 0 Å². The molecule has 1 unspecified atom stereocenters. The number of halogens is 1. The first-order chi connectivity index (χ1) is 9.18. The van der Waals surface area contributed by atoms with Gasteiger partial charge in [0.15, 0.2) is 9.84 Å². The molecule has 0 amide bonds. The molecule has 0 aliphatic heterocycles. The minimum atomic E-state index is -3.12. The molecule has 0 aliphatic carbocycles. The van der Waals surface area contributed by atoms with Crippen molar-refractivity contribution >= 4 is 32.4 Å². The summed E-state index contributed by atoms with van der Waals surface area (Å²) in [5.74, 6) is 0. The maximum Gasteiger partial charge on any atom is 0.154 e. The fourth-order valence-corrected chi connectivity index (χ4v) is 3.04. The molecule has 0 heterocycles. The van der Waals surface area contributed by atoms with Crippen molar-refractivity contribution < 1.29 is 8.42 Å². The SMILES string of the molecule is CCCNC(Cc1ccc(I)cc1)C(C)(C)S(C)(=O)=O. The molecule has 0 spiro atoms. The lowest BCUT2D eigenvalue weighted by atomic mass is 9.95. The Morgan fingerprint density at radius 1 is 1.25 bits per heavy atom. The molecule has 0 aliphatic rings. The van der Waals surface area contributed by atoms with E-state index in [-0.39, 0.29) is 6.04 Å². The van der Waals surface area contributed by atoms with Gasteiger partial charge in [-0.2, -0.15) is 0 Å². The zero-order valence-corrected chi connectivity index (χ0v) is 15.6. The molecule has 0 bridgehead atoms. The minimum Gasteiger partial charge on any atom is -0.312 e. The van der Waals surface area contributed by atoms with Crippen molar-refractivity contribution in [3.8, 4) is 0 Å². The zero-order chi connectivity index (χ0) is 15.4. The van der Waals surface area contributed by atoms with Crippen molar-refractivity contribution in [3.05, 3.63) is 33.4 Å². The molecule has 114 valence electrons. The third-order valence-corrected chi connectivity index (χ3v) is 6.70. The monoisotopic (exact) mass is 409 g/mol. The zero-order valence-electron chi connectivity index (χ0n) is 12.6. The molecule has 5 heteroatoms. The number of sulfone groups is 1. The summed E-state index contributed by atoms with van der Waals surface area (Å²) in [6, 6.07) is 8.17. The highest BCUT2D eigenvalue weighted by atomic mass is 127. The van der Waals surface area contributed by atoms with Crippen LogP contribution in [0.4, 0.5) is 0 Å². The summed E-state index contributed by atoms with van der Waals surface area (Å²) in [4.78, 5) is 0. The van der Waals surface area contributed by atoms with E-state index in [1.807, 2.05) is 13.8 Å². The average Bonchev–Trinajstić information content (AvgIpc) is 2.35. The summed E-state index contributed by atoms with van der Waals surface area (Å²) in [5, 5.41) is 3.40. The number of nitrogens with one attached hydrogen (secondary N) is 1. The number of hydrogen-bond donors (Lipinski definition) is 1. The Bertz CT molecular complexity index is 523. The summed E-state index contributed by atoms with van der Waals surface area (Å²) in [6.07, 6.45) is 3.03. The van der Waals surface area contributed by atoms with E-state index in [9.17, 15) is 8.42 Å². The van der Waals surface area contributed by atoms with E-state index in [2.05, 4.69) is 59.1 Å². The Morgan fingerprint density at radius 2 is 1.80 bits per heavy atom. The van der Waals surface area contributed by atoms with Crippen molar-refractivity contribution in [2.45, 2.75) is 44.4 Å². The second-order valence-corrected chi connectivity index (χ2v) is 9.56. The van der Waals surface area contributed by atoms with Gasteiger partial charge >= 0.3 is 0 Å². The Labute approximate surface area is 136 Å². The van der Waals surface area contributed by atoms with Crippen LogP contribution < -0.4 is 5.32 Å². The summed E-state index contributed by atoms with van der Waals surface area (Å²) >= 11 is 2.27. The van der Waals surface area contributed by atoms with Crippen molar-refractivity contribution in [1.82, 2.24) is 5.32 Å². The summed E-state index contributed by atoms with van der Waals surface area (Å²) in [7, 11) is -3.12. The maximum absolute atomic E-state index is 12.1. The van der Waals surface area contributed by atoms with Crippen molar-refractivity contribution in [3.63, 3.8) is 0 Å². The average molecular weight is 409 g/mol. The highest BCUT2D eigenvalue weighted by Gasteiger charge is 2.38. The minimum absolute atomic E-state index is 0.0856. The van der Waals surface area contributed by atoms with Gasteiger partial charge in [0, 0.05) is 15.9 Å². The lowest BCUT2D eigenvalue weighted by molar-refractivity contribution is 0.406. The van der Waals surface area contributed by atoms with Crippen molar-refractivity contribution in [2.75, 3.05) is 12.8 Å². The van der Waals surface area contributed by atoms with E-state index < -0.39 is 14.6 Å². The van der Waals surface area contributed by atoms with Gasteiger partial charge in [0.05, 0.1) is 4.75 Å². The molecule has 0 saturated carbocycles. The van der Waals surface area contributed by atoms with Crippen LogP contribution in [0, 0.1) is 3.57 Å². The Hall–Kier alpha value is -0.140. The lowest BCUT2D eigenvalue weighted by Crippen LogP contribution is -2.52. The highest BCUT2D eigenvalue weighted by Crippen LogP contribution is 2.23. The molecule has 1 N–H and O–H groups in total. The van der Waals surface area contributed by atoms with Gasteiger partial charge in [-0.3, -0.25) is 0 Å². The van der Waals surface area contributed by atoms with Crippen LogP contribution in [-0.4, -0.2) is 32.0 Å². The molecule has 0 radical (unpaired) electrons. The Morgan fingerprint density at radius 3 is 2.25 bits per heavy atom. The molecule has 1 aromatic carbocycles. The standard InChI is InChI=1S/C15H24INO2S/c1-5-10-17-14(15(2,3)20(4,18)19)11-12-6-8-13(16)9-7-12/h6-9,14,17H,5,10-11H2,1-4H3. The van der Waals surface area contributed by atoms with Gasteiger partial charge in [0.25, 0.3) is 0 Å². The predicted molar refractivity (Wildman–Crippen MR) is 93.9 cm³/mol. The molecule has 0 saturated heterocycles. The van der Waals surface area contributed by atoms with Crippen LogP contribution in [0.3, 0.4) is 0 Å². The molecular formula is C15H24INO2S. The first-order valence-electron chi connectivity index (χ1n) is 6.86. The van der Waals surface area contributed by atoms with E-state index in [1.165, 1.54) is 9.83 Å². The molecule has 1 atom stereocenters. The van der Waals surface area contributed by atoms with Crippen LogP contribution in [0.2, 0.25) is 0 Å². The number of benzene rings is 1. The summed E-state index contributed by atoms with van der Waals surface area (Å²) in [6.45, 7) is 6.53. The van der Waals surface area contributed by atoms with Crippen LogP contribution >= 0.6 is 22.6 Å². The van der Waals surface area contributed by atoms with Gasteiger partial charge in [-0.05, 0) is 73.5 Å². The van der Waals surface area contributed by atoms with E-state index in [1.54, 1.807) is 0 Å². The van der Waals surface area contributed by atoms with E-state index in [0.717, 1.165) is 24.9 Å². The lowest BCUT2D eigenvalue weighted by Gasteiger charge is -2.33. The number of rotatable bonds is 7. The third kappa shape index (κ3) is 4.70. The number of hydrogen-bond acceptors (Lipinski definition) is 3. The predicted octanol–water partition coefficient (Wildman–Crippen LogP) is 3.03. The molecule has 0 aromatic heterocycles. The van der Waals surface area contributed by atoms with Crippen LogP contribution in [0.25, 0.3) is 0 Å². The first-order valence-corrected chi connectivity index (χ1v) is 9.83. The molecular weight excluding hydrogens is 385 g/mol. The van der Waals surface area contributed by atoms with Gasteiger partial charge in [0.2, 0.25) is 0 Å². The molecule has 1 aromatic rings. The van der Waals surface area contributed by atoms with E-state index >= 15 is 0 Å². The first kappa shape index (κ1) is 17.9. The van der Waals surface area contributed by atoms with Crippen LogP contribution in [0.5, 0.6) is 0 Å². The Balaban J connectivity index is 2.98. The fourth-order valence-electron chi connectivity index (χ4n) is 2.00. The van der Waals surface area contributed by atoms with E-state index in [0.29, 0.717) is 0 Å². The van der Waals surface area contributed by atoms with Gasteiger partial charge in [0.1, 0.15) is 0 Å². The largest absolute Gasteiger partial charge is 0.312 e. The second-order valence-electron chi connectivity index (χ2n) is 5.71. The van der Waals surface area contributed by atoms with Crippen LogP contribution in [0.15, 0.2) is 24.3 Å². The normalized spacial score (nSPS) is 14.2. The molecule has 20 heavy (non-hydrogen) atoms. The van der Waals surface area contributed by atoms with Gasteiger partial charge < -0.3 is 5.32 Å².